The molecule has 2 N–H and O–H groups in total. The zero-order valence-corrected chi connectivity index (χ0v) is 17.6. The van der Waals surface area contributed by atoms with Crippen molar-refractivity contribution in [3.05, 3.63) is 97.9 Å². The van der Waals surface area contributed by atoms with Crippen LogP contribution in [0.3, 0.4) is 0 Å². The lowest BCUT2D eigenvalue weighted by molar-refractivity contribution is 0.0955. The standard InChI is InChI=1S/C21H14Br2N2O3/c22-17-9-13(10-18(23)20(17)27)12-24-25-21(28)16-8-4-7-15(11-16)19(26)14-5-2-1-3-6-14/h1-12,27H,(H,25,28). The lowest BCUT2D eigenvalue weighted by atomic mass is 10.0. The van der Waals surface area contributed by atoms with Crippen LogP contribution in [0.2, 0.25) is 0 Å². The van der Waals surface area contributed by atoms with Crippen molar-refractivity contribution in [2.75, 3.05) is 0 Å². The largest absolute Gasteiger partial charge is 0.506 e. The van der Waals surface area contributed by atoms with E-state index in [-0.39, 0.29) is 11.5 Å². The molecular formula is C21H14Br2N2O3. The first kappa shape index (κ1) is 20.0. The van der Waals surface area contributed by atoms with E-state index < -0.39 is 5.91 Å². The molecule has 7 heteroatoms. The fraction of sp³-hybridized carbons (Fsp3) is 0. The summed E-state index contributed by atoms with van der Waals surface area (Å²) in [6, 6.07) is 18.7. The number of benzene rings is 3. The molecular weight excluding hydrogens is 488 g/mol. The number of halogens is 2. The molecule has 3 rings (SSSR count). The summed E-state index contributed by atoms with van der Waals surface area (Å²) in [5.74, 6) is -0.505. The molecule has 0 spiro atoms. The van der Waals surface area contributed by atoms with E-state index >= 15 is 0 Å². The Balaban J connectivity index is 1.72. The zero-order chi connectivity index (χ0) is 20.1. The number of hydrogen-bond donors (Lipinski definition) is 2. The number of phenolic OH excluding ortho intramolecular Hbond substituents is 1. The Kier molecular flexibility index (Phi) is 6.38. The van der Waals surface area contributed by atoms with Crippen LogP contribution in [0.15, 0.2) is 80.8 Å². The molecule has 0 fully saturated rings. The normalized spacial score (nSPS) is 10.8. The molecule has 0 unspecified atom stereocenters. The predicted octanol–water partition coefficient (Wildman–Crippen LogP) is 4.91. The third kappa shape index (κ3) is 4.74. The molecule has 28 heavy (non-hydrogen) atoms. The number of ketones is 1. The molecule has 0 atom stereocenters. The molecule has 0 saturated carbocycles. The van der Waals surface area contributed by atoms with Gasteiger partial charge < -0.3 is 5.11 Å². The number of nitrogens with one attached hydrogen (secondary N) is 1. The maximum Gasteiger partial charge on any atom is 0.271 e. The Hall–Kier alpha value is -2.77. The van der Waals surface area contributed by atoms with Crippen molar-refractivity contribution < 1.29 is 14.7 Å². The van der Waals surface area contributed by atoms with Crippen molar-refractivity contribution in [2.45, 2.75) is 0 Å². The topological polar surface area (TPSA) is 78.8 Å². The van der Waals surface area contributed by atoms with E-state index in [0.717, 1.165) is 0 Å². The second-order valence-electron chi connectivity index (χ2n) is 5.81. The number of nitrogens with zero attached hydrogens (tertiary/aromatic N) is 1. The van der Waals surface area contributed by atoms with Crippen LogP contribution in [-0.2, 0) is 0 Å². The Labute approximate surface area is 178 Å². The number of aromatic hydroxyl groups is 1. The third-order valence-corrected chi connectivity index (χ3v) is 5.05. The number of hydrogen-bond acceptors (Lipinski definition) is 4. The first-order valence-corrected chi connectivity index (χ1v) is 9.75. The molecule has 0 saturated heterocycles. The van der Waals surface area contributed by atoms with Crippen LogP contribution in [0, 0.1) is 0 Å². The summed E-state index contributed by atoms with van der Waals surface area (Å²) in [7, 11) is 0. The van der Waals surface area contributed by atoms with Crippen LogP contribution < -0.4 is 5.43 Å². The number of rotatable bonds is 5. The molecule has 3 aromatic rings. The third-order valence-electron chi connectivity index (χ3n) is 3.84. The molecule has 0 aliphatic carbocycles. The van der Waals surface area contributed by atoms with Gasteiger partial charge in [-0.05, 0) is 61.7 Å². The Morgan fingerprint density at radius 2 is 1.46 bits per heavy atom. The molecule has 140 valence electrons. The van der Waals surface area contributed by atoms with Crippen molar-refractivity contribution in [1.82, 2.24) is 5.43 Å². The first-order chi connectivity index (χ1) is 13.5. The van der Waals surface area contributed by atoms with Crippen molar-refractivity contribution in [3.63, 3.8) is 0 Å². The Bertz CT molecular complexity index is 1040. The van der Waals surface area contributed by atoms with E-state index in [1.807, 2.05) is 6.07 Å². The van der Waals surface area contributed by atoms with Gasteiger partial charge in [0.1, 0.15) is 5.75 Å². The minimum absolute atomic E-state index is 0.0843. The summed E-state index contributed by atoms with van der Waals surface area (Å²) in [6.45, 7) is 0. The van der Waals surface area contributed by atoms with Crippen molar-refractivity contribution >= 4 is 49.8 Å². The molecule has 0 aliphatic heterocycles. The number of carbonyl (C=O) groups excluding carboxylic acids is 2. The van der Waals surface area contributed by atoms with Crippen LogP contribution in [0.5, 0.6) is 5.75 Å². The highest BCUT2D eigenvalue weighted by atomic mass is 79.9. The highest BCUT2D eigenvalue weighted by Crippen LogP contribution is 2.32. The van der Waals surface area contributed by atoms with Crippen molar-refractivity contribution in [2.24, 2.45) is 5.10 Å². The van der Waals surface area contributed by atoms with E-state index in [4.69, 9.17) is 0 Å². The number of carbonyl (C=O) groups is 2. The predicted molar refractivity (Wildman–Crippen MR) is 115 cm³/mol. The van der Waals surface area contributed by atoms with E-state index in [1.165, 1.54) is 12.3 Å². The van der Waals surface area contributed by atoms with Gasteiger partial charge in [-0.3, -0.25) is 9.59 Å². The van der Waals surface area contributed by atoms with Gasteiger partial charge in [0.25, 0.3) is 5.91 Å². The highest BCUT2D eigenvalue weighted by molar-refractivity contribution is 9.11. The van der Waals surface area contributed by atoms with Crippen LogP contribution in [0.1, 0.15) is 31.8 Å². The molecule has 0 aliphatic rings. The molecule has 0 heterocycles. The van der Waals surface area contributed by atoms with Crippen LogP contribution >= 0.6 is 31.9 Å². The van der Waals surface area contributed by atoms with Gasteiger partial charge in [0.05, 0.1) is 15.2 Å². The van der Waals surface area contributed by atoms with E-state index in [9.17, 15) is 14.7 Å². The summed E-state index contributed by atoms with van der Waals surface area (Å²) in [5, 5.41) is 13.6. The molecule has 5 nitrogen and oxygen atoms in total. The fourth-order valence-corrected chi connectivity index (χ4v) is 3.67. The molecule has 1 amide bonds. The van der Waals surface area contributed by atoms with E-state index in [0.29, 0.717) is 31.2 Å². The van der Waals surface area contributed by atoms with Gasteiger partial charge in [0, 0.05) is 16.7 Å². The number of phenols is 1. The average molecular weight is 502 g/mol. The number of amides is 1. The smallest absolute Gasteiger partial charge is 0.271 e. The summed E-state index contributed by atoms with van der Waals surface area (Å²) in [5.41, 5.74) is 4.41. The van der Waals surface area contributed by atoms with Crippen LogP contribution in [0.4, 0.5) is 0 Å². The van der Waals surface area contributed by atoms with Gasteiger partial charge in [0.15, 0.2) is 5.78 Å². The second-order valence-corrected chi connectivity index (χ2v) is 7.52. The maximum absolute atomic E-state index is 12.5. The van der Waals surface area contributed by atoms with E-state index in [2.05, 4.69) is 42.4 Å². The summed E-state index contributed by atoms with van der Waals surface area (Å²) >= 11 is 6.47. The summed E-state index contributed by atoms with van der Waals surface area (Å²) in [4.78, 5) is 24.9. The first-order valence-electron chi connectivity index (χ1n) is 8.17. The monoisotopic (exact) mass is 500 g/mol. The summed E-state index contributed by atoms with van der Waals surface area (Å²) < 4.78 is 1.00. The van der Waals surface area contributed by atoms with Gasteiger partial charge in [-0.1, -0.05) is 42.5 Å². The van der Waals surface area contributed by atoms with Gasteiger partial charge in [-0.25, -0.2) is 5.43 Å². The lowest BCUT2D eigenvalue weighted by Gasteiger charge is -2.05. The Morgan fingerprint density at radius 1 is 0.857 bits per heavy atom. The van der Waals surface area contributed by atoms with Crippen molar-refractivity contribution in [1.29, 1.82) is 0 Å². The highest BCUT2D eigenvalue weighted by Gasteiger charge is 2.12. The molecule has 0 radical (unpaired) electrons. The van der Waals surface area contributed by atoms with Gasteiger partial charge in [-0.2, -0.15) is 5.10 Å². The maximum atomic E-state index is 12.5. The summed E-state index contributed by atoms with van der Waals surface area (Å²) in [6.07, 6.45) is 1.45. The SMILES string of the molecule is O=C(NN=Cc1cc(Br)c(O)c(Br)c1)c1cccc(C(=O)c2ccccc2)c1. The molecule has 3 aromatic carbocycles. The van der Waals surface area contributed by atoms with Gasteiger partial charge in [-0.15, -0.1) is 0 Å². The van der Waals surface area contributed by atoms with Crippen molar-refractivity contribution in [3.8, 4) is 5.75 Å². The van der Waals surface area contributed by atoms with Gasteiger partial charge >= 0.3 is 0 Å². The number of hydrazone groups is 1. The molecule has 0 bridgehead atoms. The quantitative estimate of drug-likeness (QED) is 0.296. The fourth-order valence-electron chi connectivity index (χ4n) is 2.45. The van der Waals surface area contributed by atoms with E-state index in [1.54, 1.807) is 54.6 Å². The zero-order valence-electron chi connectivity index (χ0n) is 14.4. The van der Waals surface area contributed by atoms with Gasteiger partial charge in [0.2, 0.25) is 0 Å². The minimum atomic E-state index is -0.434. The Morgan fingerprint density at radius 3 is 2.14 bits per heavy atom. The van der Waals surface area contributed by atoms with Crippen LogP contribution in [0.25, 0.3) is 0 Å². The second kappa shape index (κ2) is 8.95. The average Bonchev–Trinajstić information content (AvgIpc) is 2.72. The lowest BCUT2D eigenvalue weighted by Crippen LogP contribution is -2.18. The molecule has 0 aromatic heterocycles. The van der Waals surface area contributed by atoms with Crippen LogP contribution in [-0.4, -0.2) is 23.0 Å². The minimum Gasteiger partial charge on any atom is -0.506 e.